The van der Waals surface area contributed by atoms with E-state index < -0.39 is 5.97 Å². The van der Waals surface area contributed by atoms with E-state index in [1.165, 1.54) is 6.26 Å². The van der Waals surface area contributed by atoms with Crippen molar-refractivity contribution in [3.8, 4) is 0 Å². The molecule has 3 heteroatoms. The summed E-state index contributed by atoms with van der Waals surface area (Å²) in [6, 6.07) is 7.59. The molecular formula is C13H14O3. The maximum Gasteiger partial charge on any atom is 0.330 e. The van der Waals surface area contributed by atoms with Crippen molar-refractivity contribution in [1.82, 2.24) is 0 Å². The van der Waals surface area contributed by atoms with Gasteiger partial charge in [-0.15, -0.1) is 0 Å². The summed E-state index contributed by atoms with van der Waals surface area (Å²) in [6.07, 6.45) is 2.52. The normalized spacial score (nSPS) is 9.25. The molecule has 1 aromatic carbocycles. The molecule has 0 bridgehead atoms. The summed E-state index contributed by atoms with van der Waals surface area (Å²) in [5, 5.41) is 0. The molecule has 0 saturated heterocycles. The van der Waals surface area contributed by atoms with Crippen molar-refractivity contribution >= 4 is 5.97 Å². The zero-order valence-electron chi connectivity index (χ0n) is 9.02. The SMILES string of the molecule is C=COCc1ccccc1COC(=O)C=C. The summed E-state index contributed by atoms with van der Waals surface area (Å²) < 4.78 is 10.1. The van der Waals surface area contributed by atoms with Gasteiger partial charge in [-0.05, 0) is 11.1 Å². The Morgan fingerprint density at radius 1 is 1.19 bits per heavy atom. The van der Waals surface area contributed by atoms with E-state index in [2.05, 4.69) is 13.2 Å². The maximum absolute atomic E-state index is 10.9. The lowest BCUT2D eigenvalue weighted by Gasteiger charge is -2.08. The molecule has 0 aliphatic rings. The lowest BCUT2D eigenvalue weighted by atomic mass is 10.1. The van der Waals surface area contributed by atoms with Crippen molar-refractivity contribution in [2.75, 3.05) is 0 Å². The van der Waals surface area contributed by atoms with Crippen LogP contribution in [-0.2, 0) is 27.5 Å². The van der Waals surface area contributed by atoms with Crippen LogP contribution >= 0.6 is 0 Å². The quantitative estimate of drug-likeness (QED) is 0.418. The summed E-state index contributed by atoms with van der Waals surface area (Å²) >= 11 is 0. The van der Waals surface area contributed by atoms with Crippen LogP contribution < -0.4 is 0 Å². The number of hydrogen-bond donors (Lipinski definition) is 0. The molecule has 84 valence electrons. The fraction of sp³-hybridized carbons (Fsp3) is 0.154. The van der Waals surface area contributed by atoms with Crippen molar-refractivity contribution in [3.05, 3.63) is 60.9 Å². The molecule has 1 rings (SSSR count). The van der Waals surface area contributed by atoms with E-state index in [0.717, 1.165) is 17.2 Å². The van der Waals surface area contributed by atoms with Crippen LogP contribution in [0.1, 0.15) is 11.1 Å². The van der Waals surface area contributed by atoms with Crippen molar-refractivity contribution in [3.63, 3.8) is 0 Å². The first kappa shape index (κ1) is 12.0. The van der Waals surface area contributed by atoms with Gasteiger partial charge in [0.05, 0.1) is 6.26 Å². The lowest BCUT2D eigenvalue weighted by Crippen LogP contribution is -2.03. The molecule has 0 fully saturated rings. The van der Waals surface area contributed by atoms with Gasteiger partial charge < -0.3 is 9.47 Å². The van der Waals surface area contributed by atoms with Crippen molar-refractivity contribution < 1.29 is 14.3 Å². The molecule has 0 spiro atoms. The summed E-state index contributed by atoms with van der Waals surface area (Å²) in [5.74, 6) is -0.431. The first-order chi connectivity index (χ1) is 7.77. The van der Waals surface area contributed by atoms with Crippen LogP contribution in [0, 0.1) is 0 Å². The van der Waals surface area contributed by atoms with Gasteiger partial charge in [-0.25, -0.2) is 4.79 Å². The van der Waals surface area contributed by atoms with Gasteiger partial charge in [-0.3, -0.25) is 0 Å². The summed E-state index contributed by atoms with van der Waals surface area (Å²) in [7, 11) is 0. The fourth-order valence-electron chi connectivity index (χ4n) is 1.20. The van der Waals surface area contributed by atoms with Crippen LogP contribution in [0.4, 0.5) is 0 Å². The molecule has 16 heavy (non-hydrogen) atoms. The predicted octanol–water partition coefficient (Wildman–Crippen LogP) is 2.58. The summed E-state index contributed by atoms with van der Waals surface area (Å²) in [6.45, 7) is 7.45. The summed E-state index contributed by atoms with van der Waals surface area (Å²) in [5.41, 5.74) is 1.89. The van der Waals surface area contributed by atoms with Crippen molar-refractivity contribution in [2.24, 2.45) is 0 Å². The van der Waals surface area contributed by atoms with Gasteiger partial charge in [0.25, 0.3) is 0 Å². The zero-order valence-corrected chi connectivity index (χ0v) is 9.02. The van der Waals surface area contributed by atoms with E-state index in [4.69, 9.17) is 9.47 Å². The third-order valence-electron chi connectivity index (χ3n) is 2.01. The third-order valence-corrected chi connectivity index (χ3v) is 2.01. The minimum Gasteiger partial charge on any atom is -0.497 e. The van der Waals surface area contributed by atoms with Gasteiger partial charge >= 0.3 is 5.97 Å². The number of hydrogen-bond acceptors (Lipinski definition) is 3. The molecule has 3 nitrogen and oxygen atoms in total. The molecule has 0 saturated carbocycles. The first-order valence-electron chi connectivity index (χ1n) is 4.86. The number of carbonyl (C=O) groups excluding carboxylic acids is 1. The average molecular weight is 218 g/mol. The zero-order chi connectivity index (χ0) is 11.8. The van der Waals surface area contributed by atoms with E-state index in [-0.39, 0.29) is 6.61 Å². The Bertz CT molecular complexity index is 383. The lowest BCUT2D eigenvalue weighted by molar-refractivity contribution is -0.139. The van der Waals surface area contributed by atoms with Crippen LogP contribution in [0.2, 0.25) is 0 Å². The Kier molecular flexibility index (Phi) is 4.86. The largest absolute Gasteiger partial charge is 0.497 e. The van der Waals surface area contributed by atoms with E-state index in [9.17, 15) is 4.79 Å². The van der Waals surface area contributed by atoms with Gasteiger partial charge in [0.1, 0.15) is 13.2 Å². The number of esters is 1. The minimum atomic E-state index is -0.431. The Morgan fingerprint density at radius 3 is 2.38 bits per heavy atom. The maximum atomic E-state index is 10.9. The predicted molar refractivity (Wildman–Crippen MR) is 61.4 cm³/mol. The summed E-state index contributed by atoms with van der Waals surface area (Å²) in [4.78, 5) is 10.9. The Morgan fingerprint density at radius 2 is 1.81 bits per heavy atom. The Labute approximate surface area is 95.0 Å². The van der Waals surface area contributed by atoms with E-state index >= 15 is 0 Å². The molecule has 0 N–H and O–H groups in total. The molecule has 0 aliphatic carbocycles. The van der Waals surface area contributed by atoms with Crippen LogP contribution in [0.5, 0.6) is 0 Å². The molecule has 0 aliphatic heterocycles. The van der Waals surface area contributed by atoms with Gasteiger partial charge in [0.2, 0.25) is 0 Å². The first-order valence-corrected chi connectivity index (χ1v) is 4.86. The van der Waals surface area contributed by atoms with E-state index in [1.54, 1.807) is 0 Å². The van der Waals surface area contributed by atoms with E-state index in [1.807, 2.05) is 24.3 Å². The van der Waals surface area contributed by atoms with Crippen LogP contribution in [-0.4, -0.2) is 5.97 Å². The molecule has 0 unspecified atom stereocenters. The Hall–Kier alpha value is -2.03. The highest BCUT2D eigenvalue weighted by molar-refractivity contribution is 5.81. The number of rotatable bonds is 6. The number of carbonyl (C=O) groups is 1. The van der Waals surface area contributed by atoms with Crippen molar-refractivity contribution in [1.29, 1.82) is 0 Å². The van der Waals surface area contributed by atoms with Gasteiger partial charge in [0.15, 0.2) is 0 Å². The molecule has 0 heterocycles. The second-order valence-corrected chi connectivity index (χ2v) is 3.06. The molecule has 0 aromatic heterocycles. The average Bonchev–Trinajstić information content (AvgIpc) is 2.34. The number of ether oxygens (including phenoxy) is 2. The Balaban J connectivity index is 2.66. The monoisotopic (exact) mass is 218 g/mol. The third kappa shape index (κ3) is 3.61. The smallest absolute Gasteiger partial charge is 0.330 e. The standard InChI is InChI=1S/C13H14O3/c1-3-13(14)16-10-12-8-6-5-7-11(12)9-15-4-2/h3-8H,1-2,9-10H2. The van der Waals surface area contributed by atoms with Crippen LogP contribution in [0.15, 0.2) is 49.8 Å². The topological polar surface area (TPSA) is 35.5 Å². The van der Waals surface area contributed by atoms with Gasteiger partial charge in [-0.2, -0.15) is 0 Å². The number of benzene rings is 1. The second kappa shape index (κ2) is 6.45. The highest BCUT2D eigenvalue weighted by Crippen LogP contribution is 2.11. The van der Waals surface area contributed by atoms with Crippen molar-refractivity contribution in [2.45, 2.75) is 13.2 Å². The molecule has 0 amide bonds. The molecule has 0 radical (unpaired) electrons. The minimum absolute atomic E-state index is 0.224. The van der Waals surface area contributed by atoms with Gasteiger partial charge in [0, 0.05) is 6.08 Å². The highest BCUT2D eigenvalue weighted by Gasteiger charge is 2.03. The molecular weight excluding hydrogens is 204 g/mol. The second-order valence-electron chi connectivity index (χ2n) is 3.06. The highest BCUT2D eigenvalue weighted by atomic mass is 16.5. The van der Waals surface area contributed by atoms with Crippen LogP contribution in [0.25, 0.3) is 0 Å². The van der Waals surface area contributed by atoms with Gasteiger partial charge in [-0.1, -0.05) is 37.4 Å². The van der Waals surface area contributed by atoms with E-state index in [0.29, 0.717) is 6.61 Å². The molecule has 1 aromatic rings. The fourth-order valence-corrected chi connectivity index (χ4v) is 1.20. The molecule has 0 atom stereocenters. The van der Waals surface area contributed by atoms with Crippen LogP contribution in [0.3, 0.4) is 0 Å².